The number of carbonyl (C=O) groups is 1. The number of carboxylic acids is 1. The van der Waals surface area contributed by atoms with E-state index in [2.05, 4.69) is 44.2 Å². The first-order chi connectivity index (χ1) is 10.6. The standard InChI is InChI=1S/C20H18O2/c1-13-7-5-12-18-15(13)10-6-11-16(18)14(2)17-8-3-4-9-19(17)20(21)22/h3-12,14H,1-2H3,(H,21,22)/t14-/m1/s1. The summed E-state index contributed by atoms with van der Waals surface area (Å²) >= 11 is 0. The van der Waals surface area contributed by atoms with E-state index in [-0.39, 0.29) is 5.92 Å². The van der Waals surface area contributed by atoms with Gasteiger partial charge >= 0.3 is 5.97 Å². The molecule has 0 bridgehead atoms. The monoisotopic (exact) mass is 290 g/mol. The minimum Gasteiger partial charge on any atom is -0.478 e. The number of carboxylic acid groups (broad SMARTS) is 1. The van der Waals surface area contributed by atoms with Crippen LogP contribution in [0, 0.1) is 6.92 Å². The third-order valence-corrected chi connectivity index (χ3v) is 4.30. The number of fused-ring (bicyclic) bond motifs is 1. The Morgan fingerprint density at radius 3 is 2.27 bits per heavy atom. The highest BCUT2D eigenvalue weighted by Gasteiger charge is 2.18. The van der Waals surface area contributed by atoms with Crippen molar-refractivity contribution in [3.05, 3.63) is 82.9 Å². The van der Waals surface area contributed by atoms with Crippen LogP contribution in [0.5, 0.6) is 0 Å². The van der Waals surface area contributed by atoms with Crippen molar-refractivity contribution < 1.29 is 9.90 Å². The van der Waals surface area contributed by atoms with Gasteiger partial charge in [0, 0.05) is 5.92 Å². The summed E-state index contributed by atoms with van der Waals surface area (Å²) < 4.78 is 0. The number of hydrogen-bond donors (Lipinski definition) is 1. The van der Waals surface area contributed by atoms with Crippen molar-refractivity contribution >= 4 is 16.7 Å². The quantitative estimate of drug-likeness (QED) is 0.737. The van der Waals surface area contributed by atoms with Gasteiger partial charge in [0.15, 0.2) is 0 Å². The van der Waals surface area contributed by atoms with Crippen molar-refractivity contribution in [1.29, 1.82) is 0 Å². The molecule has 3 aromatic rings. The Labute approximate surface area is 130 Å². The van der Waals surface area contributed by atoms with E-state index >= 15 is 0 Å². The van der Waals surface area contributed by atoms with Crippen LogP contribution in [-0.4, -0.2) is 11.1 Å². The maximum Gasteiger partial charge on any atom is 0.335 e. The molecule has 0 aromatic heterocycles. The summed E-state index contributed by atoms with van der Waals surface area (Å²) in [6.45, 7) is 4.17. The molecule has 1 N–H and O–H groups in total. The third-order valence-electron chi connectivity index (χ3n) is 4.30. The normalized spacial score (nSPS) is 12.3. The molecule has 3 aromatic carbocycles. The summed E-state index contributed by atoms with van der Waals surface area (Å²) in [5.74, 6) is -0.850. The first-order valence-corrected chi connectivity index (χ1v) is 7.40. The van der Waals surface area contributed by atoms with Gasteiger partial charge in [0.05, 0.1) is 5.56 Å². The summed E-state index contributed by atoms with van der Waals surface area (Å²) in [6, 6.07) is 19.8. The minimum absolute atomic E-state index is 0.0257. The van der Waals surface area contributed by atoms with Gasteiger partial charge in [-0.3, -0.25) is 0 Å². The van der Waals surface area contributed by atoms with Crippen molar-refractivity contribution in [2.24, 2.45) is 0 Å². The van der Waals surface area contributed by atoms with E-state index in [0.717, 1.165) is 11.1 Å². The highest BCUT2D eigenvalue weighted by molar-refractivity contribution is 5.92. The molecule has 0 amide bonds. The molecular weight excluding hydrogens is 272 g/mol. The van der Waals surface area contributed by atoms with Gasteiger partial charge in [-0.2, -0.15) is 0 Å². The molecular formula is C20H18O2. The lowest BCUT2D eigenvalue weighted by Gasteiger charge is -2.18. The van der Waals surface area contributed by atoms with Gasteiger partial charge in [-0.25, -0.2) is 4.79 Å². The zero-order chi connectivity index (χ0) is 15.7. The van der Waals surface area contributed by atoms with Gasteiger partial charge in [-0.1, -0.05) is 61.5 Å². The number of hydrogen-bond acceptors (Lipinski definition) is 1. The predicted molar refractivity (Wildman–Crippen MR) is 89.6 cm³/mol. The minimum atomic E-state index is -0.876. The summed E-state index contributed by atoms with van der Waals surface area (Å²) in [5, 5.41) is 11.8. The average Bonchev–Trinajstić information content (AvgIpc) is 2.54. The molecule has 0 spiro atoms. The molecule has 0 fully saturated rings. The summed E-state index contributed by atoms with van der Waals surface area (Å²) in [4.78, 5) is 11.5. The molecule has 110 valence electrons. The van der Waals surface area contributed by atoms with Crippen LogP contribution in [0.25, 0.3) is 10.8 Å². The molecule has 0 aliphatic carbocycles. The number of aromatic carboxylic acids is 1. The first kappa shape index (κ1) is 14.3. The van der Waals surface area contributed by atoms with Crippen LogP contribution in [0.15, 0.2) is 60.7 Å². The smallest absolute Gasteiger partial charge is 0.335 e. The Morgan fingerprint density at radius 2 is 1.50 bits per heavy atom. The molecule has 0 heterocycles. The topological polar surface area (TPSA) is 37.3 Å². The molecule has 1 atom stereocenters. The fraction of sp³-hybridized carbons (Fsp3) is 0.150. The second-order valence-electron chi connectivity index (χ2n) is 5.63. The molecule has 0 radical (unpaired) electrons. The van der Waals surface area contributed by atoms with Gasteiger partial charge < -0.3 is 5.11 Å². The van der Waals surface area contributed by atoms with E-state index in [0.29, 0.717) is 5.56 Å². The Kier molecular flexibility index (Phi) is 3.68. The fourth-order valence-electron chi connectivity index (χ4n) is 3.11. The van der Waals surface area contributed by atoms with Crippen LogP contribution in [0.3, 0.4) is 0 Å². The van der Waals surface area contributed by atoms with E-state index < -0.39 is 5.97 Å². The lowest BCUT2D eigenvalue weighted by Crippen LogP contribution is -2.06. The molecule has 22 heavy (non-hydrogen) atoms. The second-order valence-corrected chi connectivity index (χ2v) is 5.63. The number of benzene rings is 3. The highest BCUT2D eigenvalue weighted by atomic mass is 16.4. The van der Waals surface area contributed by atoms with Crippen LogP contribution in [0.2, 0.25) is 0 Å². The van der Waals surface area contributed by atoms with Gasteiger partial charge in [-0.05, 0) is 40.5 Å². The zero-order valence-corrected chi connectivity index (χ0v) is 12.7. The average molecular weight is 290 g/mol. The van der Waals surface area contributed by atoms with Crippen molar-refractivity contribution in [1.82, 2.24) is 0 Å². The molecule has 0 saturated heterocycles. The molecule has 0 aliphatic heterocycles. The van der Waals surface area contributed by atoms with Crippen LogP contribution in [-0.2, 0) is 0 Å². The first-order valence-electron chi connectivity index (χ1n) is 7.40. The summed E-state index contributed by atoms with van der Waals surface area (Å²) in [6.07, 6.45) is 0. The third kappa shape index (κ3) is 2.37. The number of rotatable bonds is 3. The maximum atomic E-state index is 11.5. The van der Waals surface area contributed by atoms with Crippen molar-refractivity contribution in [2.75, 3.05) is 0 Å². The largest absolute Gasteiger partial charge is 0.478 e. The maximum absolute atomic E-state index is 11.5. The Bertz CT molecular complexity index is 849. The predicted octanol–water partition coefficient (Wildman–Crippen LogP) is 5.00. The number of aryl methyl sites for hydroxylation is 1. The van der Waals surface area contributed by atoms with Gasteiger partial charge in [0.25, 0.3) is 0 Å². The Balaban J connectivity index is 2.20. The lowest BCUT2D eigenvalue weighted by molar-refractivity contribution is 0.0695. The van der Waals surface area contributed by atoms with Crippen molar-refractivity contribution in [3.8, 4) is 0 Å². The Morgan fingerprint density at radius 1 is 0.864 bits per heavy atom. The molecule has 0 unspecified atom stereocenters. The van der Waals surface area contributed by atoms with Crippen LogP contribution in [0.4, 0.5) is 0 Å². The van der Waals surface area contributed by atoms with E-state index in [4.69, 9.17) is 0 Å². The fourth-order valence-corrected chi connectivity index (χ4v) is 3.11. The lowest BCUT2D eigenvalue weighted by atomic mass is 9.86. The van der Waals surface area contributed by atoms with Crippen LogP contribution >= 0.6 is 0 Å². The molecule has 2 heteroatoms. The van der Waals surface area contributed by atoms with E-state index in [1.807, 2.05) is 18.2 Å². The summed E-state index contributed by atoms with van der Waals surface area (Å²) in [5.41, 5.74) is 3.62. The van der Waals surface area contributed by atoms with Gasteiger partial charge in [-0.15, -0.1) is 0 Å². The molecule has 3 rings (SSSR count). The van der Waals surface area contributed by atoms with Crippen LogP contribution in [0.1, 0.15) is 39.9 Å². The van der Waals surface area contributed by atoms with Gasteiger partial charge in [0.1, 0.15) is 0 Å². The van der Waals surface area contributed by atoms with Crippen molar-refractivity contribution in [3.63, 3.8) is 0 Å². The van der Waals surface area contributed by atoms with E-state index in [1.165, 1.54) is 16.3 Å². The Hall–Kier alpha value is -2.61. The van der Waals surface area contributed by atoms with Crippen molar-refractivity contribution in [2.45, 2.75) is 19.8 Å². The zero-order valence-electron chi connectivity index (χ0n) is 12.7. The van der Waals surface area contributed by atoms with E-state index in [9.17, 15) is 9.90 Å². The second kappa shape index (κ2) is 5.64. The molecule has 2 nitrogen and oxygen atoms in total. The van der Waals surface area contributed by atoms with Crippen LogP contribution < -0.4 is 0 Å². The molecule has 0 aliphatic rings. The highest BCUT2D eigenvalue weighted by Crippen LogP contribution is 2.33. The SMILES string of the molecule is Cc1cccc2c([C@@H](C)c3ccccc3C(=O)O)cccc12. The van der Waals surface area contributed by atoms with E-state index in [1.54, 1.807) is 12.1 Å². The molecule has 0 saturated carbocycles. The summed E-state index contributed by atoms with van der Waals surface area (Å²) in [7, 11) is 0. The van der Waals surface area contributed by atoms with Gasteiger partial charge in [0.2, 0.25) is 0 Å².